The Hall–Kier alpha value is -4.71. The van der Waals surface area contributed by atoms with Gasteiger partial charge in [0.05, 0.1) is 22.4 Å². The van der Waals surface area contributed by atoms with Crippen LogP contribution in [0.1, 0.15) is 74.9 Å². The van der Waals surface area contributed by atoms with Gasteiger partial charge in [0.15, 0.2) is 0 Å². The summed E-state index contributed by atoms with van der Waals surface area (Å²) in [6.45, 7) is 11.2. The highest BCUT2D eigenvalue weighted by Crippen LogP contribution is 2.42. The van der Waals surface area contributed by atoms with E-state index in [4.69, 9.17) is 9.84 Å². The van der Waals surface area contributed by atoms with Gasteiger partial charge in [0.1, 0.15) is 23.1 Å². The SMILES string of the molecule is CCCCc1cc(Oc2ccc3c4ccccc4n(-c4cc(F)ccn4)c3c2)cc(-n2nc(C)c(C3C(C)=CCC[C@@H]3C)c2C)c1. The van der Waals surface area contributed by atoms with Gasteiger partial charge in [-0.25, -0.2) is 14.1 Å². The molecule has 0 radical (unpaired) electrons. The molecule has 5 nitrogen and oxygen atoms in total. The molecule has 3 aromatic carbocycles. The standard InChI is InChI=1S/C40H41FN4O/c1-6-7-13-29-20-31(45-28(5)40(27(4)43-45)39-25(2)11-10-12-26(39)3)23-33(21-29)46-32-16-17-35-34-14-8-9-15-36(34)44(37(35)24-32)38-22-30(41)18-19-42-38/h8-9,11,14-24,26,39H,6-7,10,12-13H2,1-5H3/t26-,39?/m0/s1. The number of hydrogen-bond acceptors (Lipinski definition) is 3. The van der Waals surface area contributed by atoms with Crippen LogP contribution in [0.15, 0.2) is 90.6 Å². The van der Waals surface area contributed by atoms with Gasteiger partial charge in [-0.05, 0) is 94.3 Å². The van der Waals surface area contributed by atoms with Gasteiger partial charge in [-0.15, -0.1) is 0 Å². The maximum Gasteiger partial charge on any atom is 0.140 e. The topological polar surface area (TPSA) is 44.9 Å². The molecule has 1 unspecified atom stereocenters. The average Bonchev–Trinajstić information content (AvgIpc) is 3.53. The molecule has 234 valence electrons. The number of halogens is 1. The molecule has 6 aromatic rings. The normalized spacial score (nSPS) is 16.7. The number of ether oxygens (including phenoxy) is 1. The van der Waals surface area contributed by atoms with Crippen molar-refractivity contribution in [1.29, 1.82) is 0 Å². The molecular weight excluding hydrogens is 571 g/mol. The van der Waals surface area contributed by atoms with E-state index in [1.807, 2.05) is 34.9 Å². The zero-order valence-electron chi connectivity index (χ0n) is 27.3. The summed E-state index contributed by atoms with van der Waals surface area (Å²) in [6, 6.07) is 23.6. The summed E-state index contributed by atoms with van der Waals surface area (Å²) in [5.74, 6) is 2.67. The lowest BCUT2D eigenvalue weighted by atomic mass is 9.75. The number of pyridine rings is 1. The van der Waals surface area contributed by atoms with Gasteiger partial charge in [-0.1, -0.05) is 50.1 Å². The van der Waals surface area contributed by atoms with Crippen molar-refractivity contribution in [3.05, 3.63) is 119 Å². The summed E-state index contributed by atoms with van der Waals surface area (Å²) in [5, 5.41) is 7.24. The van der Waals surface area contributed by atoms with E-state index >= 15 is 0 Å². The molecular formula is C40H41FN4O. The number of fused-ring (bicyclic) bond motifs is 3. The van der Waals surface area contributed by atoms with Crippen LogP contribution >= 0.6 is 0 Å². The monoisotopic (exact) mass is 612 g/mol. The zero-order chi connectivity index (χ0) is 31.9. The van der Waals surface area contributed by atoms with E-state index in [2.05, 4.69) is 80.7 Å². The minimum Gasteiger partial charge on any atom is -0.457 e. The molecule has 0 spiro atoms. The highest BCUT2D eigenvalue weighted by Gasteiger charge is 2.29. The van der Waals surface area contributed by atoms with Crippen molar-refractivity contribution >= 4 is 21.8 Å². The number of para-hydroxylation sites is 1. The third-order valence-electron chi connectivity index (χ3n) is 9.64. The Morgan fingerprint density at radius 3 is 2.54 bits per heavy atom. The minimum atomic E-state index is -0.323. The Kier molecular flexibility index (Phi) is 7.97. The van der Waals surface area contributed by atoms with E-state index < -0.39 is 0 Å². The minimum absolute atomic E-state index is 0.323. The van der Waals surface area contributed by atoms with Crippen LogP contribution in [0.5, 0.6) is 11.5 Å². The number of allylic oxidation sites excluding steroid dienone is 2. The molecule has 0 saturated heterocycles. The van der Waals surface area contributed by atoms with Gasteiger partial charge in [-0.2, -0.15) is 5.10 Å². The van der Waals surface area contributed by atoms with Crippen LogP contribution in [-0.2, 0) is 6.42 Å². The van der Waals surface area contributed by atoms with Crippen molar-refractivity contribution in [2.45, 2.75) is 72.6 Å². The number of rotatable bonds is 8. The lowest BCUT2D eigenvalue weighted by Gasteiger charge is -2.29. The fourth-order valence-electron chi connectivity index (χ4n) is 7.45. The highest BCUT2D eigenvalue weighted by molar-refractivity contribution is 6.09. The smallest absolute Gasteiger partial charge is 0.140 e. The maximum atomic E-state index is 14.3. The van der Waals surface area contributed by atoms with Crippen LogP contribution < -0.4 is 4.74 Å². The van der Waals surface area contributed by atoms with Crippen molar-refractivity contribution < 1.29 is 9.13 Å². The quantitative estimate of drug-likeness (QED) is 0.161. The predicted molar refractivity (Wildman–Crippen MR) is 185 cm³/mol. The van der Waals surface area contributed by atoms with Gasteiger partial charge in [0.25, 0.3) is 0 Å². The number of aromatic nitrogens is 4. The molecule has 46 heavy (non-hydrogen) atoms. The number of hydrogen-bond donors (Lipinski definition) is 0. The number of benzene rings is 3. The molecule has 0 bridgehead atoms. The molecule has 0 saturated carbocycles. The van der Waals surface area contributed by atoms with E-state index in [9.17, 15) is 4.39 Å². The van der Waals surface area contributed by atoms with Crippen LogP contribution in [0.3, 0.4) is 0 Å². The number of unbranched alkanes of at least 4 members (excludes halogenated alkanes) is 1. The van der Waals surface area contributed by atoms with Gasteiger partial charge in [0, 0.05) is 52.3 Å². The van der Waals surface area contributed by atoms with E-state index in [1.165, 1.54) is 47.1 Å². The lowest BCUT2D eigenvalue weighted by molar-refractivity contribution is 0.447. The first kappa shape index (κ1) is 30.0. The van der Waals surface area contributed by atoms with Crippen LogP contribution in [0, 0.1) is 25.6 Å². The Bertz CT molecular complexity index is 2100. The van der Waals surface area contributed by atoms with Gasteiger partial charge in [-0.3, -0.25) is 4.57 Å². The van der Waals surface area contributed by atoms with E-state index in [-0.39, 0.29) is 5.82 Å². The van der Waals surface area contributed by atoms with Crippen molar-refractivity contribution in [3.63, 3.8) is 0 Å². The van der Waals surface area contributed by atoms with Crippen molar-refractivity contribution in [2.24, 2.45) is 5.92 Å². The van der Waals surface area contributed by atoms with Crippen LogP contribution in [0.25, 0.3) is 33.3 Å². The summed E-state index contributed by atoms with van der Waals surface area (Å²) in [7, 11) is 0. The lowest BCUT2D eigenvalue weighted by Crippen LogP contribution is -2.16. The van der Waals surface area contributed by atoms with E-state index in [0.29, 0.717) is 23.4 Å². The molecule has 7 rings (SSSR count). The fraction of sp³-hybridized carbons (Fsp3) is 0.300. The molecule has 3 heterocycles. The van der Waals surface area contributed by atoms with Crippen molar-refractivity contribution in [3.8, 4) is 23.0 Å². The predicted octanol–water partition coefficient (Wildman–Crippen LogP) is 10.7. The molecule has 3 aromatic heterocycles. The third-order valence-corrected chi connectivity index (χ3v) is 9.64. The first-order valence-corrected chi connectivity index (χ1v) is 16.5. The number of aryl methyl sites for hydroxylation is 2. The number of nitrogens with zero attached hydrogens (tertiary/aromatic N) is 4. The summed E-state index contributed by atoms with van der Waals surface area (Å²) in [5.41, 5.74) is 9.20. The third kappa shape index (κ3) is 5.40. The first-order valence-electron chi connectivity index (χ1n) is 16.5. The summed E-state index contributed by atoms with van der Waals surface area (Å²) < 4.78 is 25.1. The molecule has 2 atom stereocenters. The molecule has 0 N–H and O–H groups in total. The molecule has 0 fully saturated rings. The fourth-order valence-corrected chi connectivity index (χ4v) is 7.45. The van der Waals surface area contributed by atoms with E-state index in [1.54, 1.807) is 0 Å². The summed E-state index contributed by atoms with van der Waals surface area (Å²) in [4.78, 5) is 4.51. The van der Waals surface area contributed by atoms with Crippen LogP contribution in [0.2, 0.25) is 0 Å². The van der Waals surface area contributed by atoms with Crippen molar-refractivity contribution in [1.82, 2.24) is 19.3 Å². The van der Waals surface area contributed by atoms with Crippen LogP contribution in [0.4, 0.5) is 4.39 Å². The summed E-state index contributed by atoms with van der Waals surface area (Å²) in [6.07, 6.45) is 9.44. The largest absolute Gasteiger partial charge is 0.457 e. The Morgan fingerprint density at radius 2 is 1.74 bits per heavy atom. The zero-order valence-corrected chi connectivity index (χ0v) is 27.3. The van der Waals surface area contributed by atoms with Gasteiger partial charge >= 0.3 is 0 Å². The first-order chi connectivity index (χ1) is 22.3. The Balaban J connectivity index is 1.32. The maximum absolute atomic E-state index is 14.3. The second kappa shape index (κ2) is 12.2. The molecule has 0 aliphatic heterocycles. The molecule has 1 aliphatic rings. The molecule has 0 amide bonds. The van der Waals surface area contributed by atoms with Gasteiger partial charge < -0.3 is 4.74 Å². The van der Waals surface area contributed by atoms with Gasteiger partial charge in [0.2, 0.25) is 0 Å². The molecule has 6 heteroatoms. The van der Waals surface area contributed by atoms with E-state index in [0.717, 1.165) is 64.6 Å². The Labute approximate surface area is 270 Å². The highest BCUT2D eigenvalue weighted by atomic mass is 19.1. The summed E-state index contributed by atoms with van der Waals surface area (Å²) >= 11 is 0. The molecule has 1 aliphatic carbocycles. The second-order valence-corrected chi connectivity index (χ2v) is 12.9. The van der Waals surface area contributed by atoms with Crippen LogP contribution in [-0.4, -0.2) is 19.3 Å². The second-order valence-electron chi connectivity index (χ2n) is 12.9. The average molecular weight is 613 g/mol. The Morgan fingerprint density at radius 1 is 0.913 bits per heavy atom. The van der Waals surface area contributed by atoms with Crippen molar-refractivity contribution in [2.75, 3.05) is 0 Å².